The molecule has 82 valence electrons. The summed E-state index contributed by atoms with van der Waals surface area (Å²) >= 11 is 0. The summed E-state index contributed by atoms with van der Waals surface area (Å²) in [6, 6.07) is 10.2. The first-order valence-electron chi connectivity index (χ1n) is 4.86. The third kappa shape index (κ3) is 2.55. The van der Waals surface area contributed by atoms with E-state index in [-0.39, 0.29) is 5.82 Å². The molecule has 0 aliphatic heterocycles. The monoisotopic (exact) mass is 218 g/mol. The number of benzene rings is 1. The third-order valence-corrected chi connectivity index (χ3v) is 2.06. The summed E-state index contributed by atoms with van der Waals surface area (Å²) in [5.41, 5.74) is 6.48. The molecule has 1 aromatic carbocycles. The Morgan fingerprint density at radius 2 is 2.12 bits per heavy atom. The molecule has 4 heteroatoms. The molecule has 1 aromatic heterocycles. The number of ether oxygens (including phenoxy) is 1. The van der Waals surface area contributed by atoms with E-state index in [1.165, 1.54) is 12.1 Å². The quantitative estimate of drug-likeness (QED) is 0.860. The van der Waals surface area contributed by atoms with Crippen LogP contribution >= 0.6 is 0 Å². The van der Waals surface area contributed by atoms with E-state index in [4.69, 9.17) is 10.5 Å². The van der Waals surface area contributed by atoms with E-state index in [1.54, 1.807) is 6.07 Å². The van der Waals surface area contributed by atoms with E-state index in [1.807, 2.05) is 18.2 Å². The van der Waals surface area contributed by atoms with E-state index >= 15 is 0 Å². The zero-order chi connectivity index (χ0) is 11.4. The van der Waals surface area contributed by atoms with Gasteiger partial charge in [0.2, 0.25) is 5.88 Å². The first kappa shape index (κ1) is 10.6. The summed E-state index contributed by atoms with van der Waals surface area (Å²) in [6.07, 6.45) is 1.11. The maximum Gasteiger partial charge on any atom is 0.219 e. The van der Waals surface area contributed by atoms with Crippen molar-refractivity contribution in [2.24, 2.45) is 5.73 Å². The Hall–Kier alpha value is -1.94. The summed E-state index contributed by atoms with van der Waals surface area (Å²) in [4.78, 5) is 3.80. The summed E-state index contributed by atoms with van der Waals surface area (Å²) in [5.74, 6) is 0.612. The smallest absolute Gasteiger partial charge is 0.219 e. The molecule has 0 saturated heterocycles. The van der Waals surface area contributed by atoms with E-state index in [2.05, 4.69) is 4.98 Å². The van der Waals surface area contributed by atoms with Gasteiger partial charge in [-0.25, -0.2) is 9.37 Å². The number of pyridine rings is 1. The van der Waals surface area contributed by atoms with Gasteiger partial charge in [0.25, 0.3) is 0 Å². The minimum Gasteiger partial charge on any atom is -0.439 e. The first-order valence-corrected chi connectivity index (χ1v) is 4.86. The summed E-state index contributed by atoms with van der Waals surface area (Å²) in [5, 5.41) is 0. The maximum absolute atomic E-state index is 12.6. The molecular weight excluding hydrogens is 207 g/mol. The van der Waals surface area contributed by atoms with Crippen molar-refractivity contribution in [2.45, 2.75) is 6.54 Å². The molecule has 2 aromatic rings. The average molecular weight is 218 g/mol. The molecule has 2 N–H and O–H groups in total. The van der Waals surface area contributed by atoms with E-state index < -0.39 is 0 Å². The number of rotatable bonds is 3. The normalized spacial score (nSPS) is 10.1. The summed E-state index contributed by atoms with van der Waals surface area (Å²) in [7, 11) is 0. The van der Waals surface area contributed by atoms with Gasteiger partial charge < -0.3 is 10.5 Å². The molecule has 0 atom stereocenters. The second kappa shape index (κ2) is 4.72. The number of nitrogens with zero attached hydrogens (tertiary/aromatic N) is 1. The van der Waals surface area contributed by atoms with Gasteiger partial charge in [0.05, 0.1) is 6.20 Å². The molecule has 16 heavy (non-hydrogen) atoms. The van der Waals surface area contributed by atoms with Gasteiger partial charge in [-0.3, -0.25) is 0 Å². The Bertz CT molecular complexity index is 471. The second-order valence-electron chi connectivity index (χ2n) is 3.27. The average Bonchev–Trinajstić information content (AvgIpc) is 2.32. The molecule has 2 rings (SSSR count). The van der Waals surface area contributed by atoms with Gasteiger partial charge in [0.1, 0.15) is 11.6 Å². The summed E-state index contributed by atoms with van der Waals surface area (Å²) in [6.45, 7) is 0.452. The van der Waals surface area contributed by atoms with Gasteiger partial charge in [0, 0.05) is 12.6 Å². The highest BCUT2D eigenvalue weighted by Gasteiger charge is 1.99. The minimum atomic E-state index is -0.386. The van der Waals surface area contributed by atoms with Crippen molar-refractivity contribution in [2.75, 3.05) is 0 Å². The lowest BCUT2D eigenvalue weighted by Crippen LogP contribution is -1.96. The van der Waals surface area contributed by atoms with E-state index in [0.717, 1.165) is 11.8 Å². The van der Waals surface area contributed by atoms with Crippen LogP contribution in [-0.4, -0.2) is 4.98 Å². The van der Waals surface area contributed by atoms with Gasteiger partial charge >= 0.3 is 0 Å². The van der Waals surface area contributed by atoms with Gasteiger partial charge in [-0.1, -0.05) is 12.1 Å². The largest absolute Gasteiger partial charge is 0.439 e. The molecule has 0 radical (unpaired) electrons. The number of aromatic nitrogens is 1. The van der Waals surface area contributed by atoms with Gasteiger partial charge in [-0.15, -0.1) is 0 Å². The van der Waals surface area contributed by atoms with Gasteiger partial charge in [-0.2, -0.15) is 0 Å². The Balaban J connectivity index is 2.16. The molecular formula is C12H11FN2O. The fourth-order valence-corrected chi connectivity index (χ4v) is 1.28. The number of hydrogen-bond donors (Lipinski definition) is 1. The number of hydrogen-bond acceptors (Lipinski definition) is 3. The fourth-order valence-electron chi connectivity index (χ4n) is 1.28. The first-order chi connectivity index (χ1) is 7.78. The minimum absolute atomic E-state index is 0.357. The Labute approximate surface area is 92.7 Å². The molecule has 1 heterocycles. The highest BCUT2D eigenvalue weighted by atomic mass is 19.1. The number of nitrogens with two attached hydrogens (primary N) is 1. The van der Waals surface area contributed by atoms with Crippen LogP contribution < -0.4 is 10.5 Å². The van der Waals surface area contributed by atoms with Crippen LogP contribution in [-0.2, 0) is 6.54 Å². The SMILES string of the molecule is NCc1cccc(Oc2ccc(F)cn2)c1. The van der Waals surface area contributed by atoms with E-state index in [9.17, 15) is 4.39 Å². The van der Waals surface area contributed by atoms with Crippen molar-refractivity contribution in [3.63, 3.8) is 0 Å². The lowest BCUT2D eigenvalue weighted by atomic mass is 10.2. The standard InChI is InChI=1S/C12H11FN2O/c13-10-4-5-12(15-8-10)16-11-3-1-2-9(6-11)7-14/h1-6,8H,7,14H2. The topological polar surface area (TPSA) is 48.1 Å². The predicted molar refractivity (Wildman–Crippen MR) is 58.6 cm³/mol. The lowest BCUT2D eigenvalue weighted by molar-refractivity contribution is 0.458. The van der Waals surface area contributed by atoms with Crippen LogP contribution in [0.5, 0.6) is 11.6 Å². The highest BCUT2D eigenvalue weighted by molar-refractivity contribution is 5.31. The Morgan fingerprint density at radius 1 is 1.25 bits per heavy atom. The molecule has 0 fully saturated rings. The Morgan fingerprint density at radius 3 is 2.81 bits per heavy atom. The molecule has 0 saturated carbocycles. The van der Waals surface area contributed by atoms with Crippen LogP contribution in [0.2, 0.25) is 0 Å². The van der Waals surface area contributed by atoms with Crippen molar-refractivity contribution in [3.05, 3.63) is 54.0 Å². The summed E-state index contributed by atoms with van der Waals surface area (Å²) < 4.78 is 18.1. The van der Waals surface area contributed by atoms with Crippen molar-refractivity contribution in [1.82, 2.24) is 4.98 Å². The molecule has 0 aliphatic rings. The second-order valence-corrected chi connectivity index (χ2v) is 3.27. The molecule has 0 spiro atoms. The molecule has 0 bridgehead atoms. The van der Waals surface area contributed by atoms with Crippen LogP contribution in [0.4, 0.5) is 4.39 Å². The zero-order valence-corrected chi connectivity index (χ0v) is 8.56. The van der Waals surface area contributed by atoms with Crippen LogP contribution in [0.3, 0.4) is 0 Å². The van der Waals surface area contributed by atoms with Gasteiger partial charge in [-0.05, 0) is 23.8 Å². The van der Waals surface area contributed by atoms with Crippen LogP contribution in [0.15, 0.2) is 42.6 Å². The molecule has 3 nitrogen and oxygen atoms in total. The molecule has 0 aliphatic carbocycles. The zero-order valence-electron chi connectivity index (χ0n) is 8.56. The molecule has 0 amide bonds. The van der Waals surface area contributed by atoms with Crippen molar-refractivity contribution in [3.8, 4) is 11.6 Å². The van der Waals surface area contributed by atoms with Crippen molar-refractivity contribution in [1.29, 1.82) is 0 Å². The lowest BCUT2D eigenvalue weighted by Gasteiger charge is -2.05. The van der Waals surface area contributed by atoms with Crippen LogP contribution in [0, 0.1) is 5.82 Å². The third-order valence-electron chi connectivity index (χ3n) is 2.06. The maximum atomic E-state index is 12.6. The van der Waals surface area contributed by atoms with Gasteiger partial charge in [0.15, 0.2) is 0 Å². The molecule has 0 unspecified atom stereocenters. The van der Waals surface area contributed by atoms with E-state index in [0.29, 0.717) is 18.2 Å². The Kier molecular flexibility index (Phi) is 3.12. The van der Waals surface area contributed by atoms with Crippen LogP contribution in [0.25, 0.3) is 0 Å². The highest BCUT2D eigenvalue weighted by Crippen LogP contribution is 2.20. The fraction of sp³-hybridized carbons (Fsp3) is 0.0833. The van der Waals surface area contributed by atoms with Crippen molar-refractivity contribution >= 4 is 0 Å². The predicted octanol–water partition coefficient (Wildman–Crippen LogP) is 2.47. The number of halogens is 1. The van der Waals surface area contributed by atoms with Crippen LogP contribution in [0.1, 0.15) is 5.56 Å². The van der Waals surface area contributed by atoms with Crippen molar-refractivity contribution < 1.29 is 9.13 Å².